The number of aromatic nitrogens is 1. The van der Waals surface area contributed by atoms with Crippen LogP contribution in [0.15, 0.2) is 16.7 Å². The van der Waals surface area contributed by atoms with E-state index in [-0.39, 0.29) is 6.61 Å². The molecule has 0 radical (unpaired) electrons. The van der Waals surface area contributed by atoms with Gasteiger partial charge in [-0.25, -0.2) is 4.98 Å². The molecule has 1 aromatic rings. The van der Waals surface area contributed by atoms with Crippen LogP contribution in [0.5, 0.6) is 5.88 Å². The third-order valence-electron chi connectivity index (χ3n) is 2.54. The van der Waals surface area contributed by atoms with Crippen molar-refractivity contribution in [1.29, 1.82) is 0 Å². The van der Waals surface area contributed by atoms with Gasteiger partial charge in [-0.15, -0.1) is 0 Å². The molecule has 5 heteroatoms. The standard InChI is InChI=1S/C11H14BrNO3/c12-10-3-9(5-14)11(13-4-10)16-7-8-1-2-15-6-8/h3-4,8,14H,1-2,5-7H2. The largest absolute Gasteiger partial charge is 0.477 e. The van der Waals surface area contributed by atoms with Gasteiger partial charge in [0, 0.05) is 28.8 Å². The number of ether oxygens (including phenoxy) is 2. The maximum absolute atomic E-state index is 9.17. The Morgan fingerprint density at radius 2 is 2.50 bits per heavy atom. The summed E-state index contributed by atoms with van der Waals surface area (Å²) in [4.78, 5) is 4.14. The molecule has 1 aliphatic heterocycles. The van der Waals surface area contributed by atoms with Gasteiger partial charge in [-0.1, -0.05) is 0 Å². The number of halogens is 1. The molecule has 2 rings (SSSR count). The topological polar surface area (TPSA) is 51.6 Å². The van der Waals surface area contributed by atoms with Gasteiger partial charge in [0.1, 0.15) is 0 Å². The van der Waals surface area contributed by atoms with Gasteiger partial charge >= 0.3 is 0 Å². The Morgan fingerprint density at radius 1 is 1.62 bits per heavy atom. The molecule has 1 fully saturated rings. The Balaban J connectivity index is 1.97. The fraction of sp³-hybridized carbons (Fsp3) is 0.545. The first-order chi connectivity index (χ1) is 7.79. The lowest BCUT2D eigenvalue weighted by molar-refractivity contribution is 0.164. The van der Waals surface area contributed by atoms with E-state index < -0.39 is 0 Å². The first kappa shape index (κ1) is 11.8. The number of hydrogen-bond donors (Lipinski definition) is 1. The Hall–Kier alpha value is -0.650. The summed E-state index contributed by atoms with van der Waals surface area (Å²) in [5.41, 5.74) is 0.702. The third-order valence-corrected chi connectivity index (χ3v) is 2.98. The molecule has 0 spiro atoms. The maximum atomic E-state index is 9.17. The molecule has 0 amide bonds. The van der Waals surface area contributed by atoms with Crippen molar-refractivity contribution < 1.29 is 14.6 Å². The second kappa shape index (κ2) is 5.61. The van der Waals surface area contributed by atoms with E-state index in [4.69, 9.17) is 14.6 Å². The minimum absolute atomic E-state index is 0.0665. The van der Waals surface area contributed by atoms with Gasteiger partial charge in [-0.3, -0.25) is 0 Å². The Bertz CT molecular complexity index is 353. The monoisotopic (exact) mass is 287 g/mol. The van der Waals surface area contributed by atoms with Crippen LogP contribution < -0.4 is 4.74 Å². The van der Waals surface area contributed by atoms with Crippen LogP contribution in [0.25, 0.3) is 0 Å². The van der Waals surface area contributed by atoms with Crippen molar-refractivity contribution in [2.24, 2.45) is 5.92 Å². The molecule has 0 aromatic carbocycles. The number of hydrogen-bond acceptors (Lipinski definition) is 4. The molecule has 16 heavy (non-hydrogen) atoms. The first-order valence-corrected chi connectivity index (χ1v) is 6.04. The third kappa shape index (κ3) is 2.93. The van der Waals surface area contributed by atoms with Crippen molar-refractivity contribution in [2.75, 3.05) is 19.8 Å². The molecule has 1 unspecified atom stereocenters. The van der Waals surface area contributed by atoms with Crippen LogP contribution in [0, 0.1) is 5.92 Å². The number of aliphatic hydroxyl groups is 1. The molecule has 1 atom stereocenters. The van der Waals surface area contributed by atoms with Gasteiger partial charge in [0.2, 0.25) is 5.88 Å². The summed E-state index contributed by atoms with van der Waals surface area (Å²) >= 11 is 3.31. The van der Waals surface area contributed by atoms with Gasteiger partial charge in [0.15, 0.2) is 0 Å². The van der Waals surface area contributed by atoms with Crippen molar-refractivity contribution in [2.45, 2.75) is 13.0 Å². The molecular formula is C11H14BrNO3. The lowest BCUT2D eigenvalue weighted by Crippen LogP contribution is -2.13. The van der Waals surface area contributed by atoms with E-state index in [0.29, 0.717) is 24.0 Å². The molecule has 2 heterocycles. The zero-order valence-corrected chi connectivity index (χ0v) is 10.4. The predicted molar refractivity (Wildman–Crippen MR) is 62.3 cm³/mol. The van der Waals surface area contributed by atoms with Gasteiger partial charge in [0.05, 0.1) is 19.8 Å². The zero-order valence-electron chi connectivity index (χ0n) is 8.86. The summed E-state index contributed by atoms with van der Waals surface area (Å²) in [6.45, 7) is 2.10. The molecule has 4 nitrogen and oxygen atoms in total. The average Bonchev–Trinajstić information content (AvgIpc) is 2.80. The molecule has 1 aliphatic rings. The van der Waals surface area contributed by atoms with Gasteiger partial charge in [-0.05, 0) is 28.4 Å². The fourth-order valence-electron chi connectivity index (χ4n) is 1.62. The van der Waals surface area contributed by atoms with E-state index in [0.717, 1.165) is 24.1 Å². The van der Waals surface area contributed by atoms with Crippen LogP contribution >= 0.6 is 15.9 Å². The molecule has 1 N–H and O–H groups in total. The smallest absolute Gasteiger partial charge is 0.218 e. The SMILES string of the molecule is OCc1cc(Br)cnc1OCC1CCOC1. The Morgan fingerprint density at radius 3 is 3.19 bits per heavy atom. The Labute approximate surface area is 103 Å². The lowest BCUT2D eigenvalue weighted by atomic mass is 10.1. The fourth-order valence-corrected chi connectivity index (χ4v) is 2.00. The highest BCUT2D eigenvalue weighted by Crippen LogP contribution is 2.21. The molecule has 1 saturated heterocycles. The number of aliphatic hydroxyl groups excluding tert-OH is 1. The van der Waals surface area contributed by atoms with E-state index in [1.54, 1.807) is 6.20 Å². The molecular weight excluding hydrogens is 274 g/mol. The summed E-state index contributed by atoms with van der Waals surface area (Å²) in [5.74, 6) is 0.953. The maximum Gasteiger partial charge on any atom is 0.218 e. The zero-order chi connectivity index (χ0) is 11.4. The van der Waals surface area contributed by atoms with Crippen LogP contribution in [-0.4, -0.2) is 29.9 Å². The van der Waals surface area contributed by atoms with Crippen LogP contribution in [0.3, 0.4) is 0 Å². The minimum Gasteiger partial charge on any atom is -0.477 e. The van der Waals surface area contributed by atoms with Crippen LogP contribution in [0.2, 0.25) is 0 Å². The normalized spacial score (nSPS) is 20.0. The van der Waals surface area contributed by atoms with Crippen molar-refractivity contribution in [3.05, 3.63) is 22.3 Å². The van der Waals surface area contributed by atoms with Crippen LogP contribution in [0.1, 0.15) is 12.0 Å². The minimum atomic E-state index is -0.0665. The van der Waals surface area contributed by atoms with Gasteiger partial charge in [-0.2, -0.15) is 0 Å². The van der Waals surface area contributed by atoms with Crippen LogP contribution in [-0.2, 0) is 11.3 Å². The summed E-state index contributed by atoms with van der Waals surface area (Å²) < 4.78 is 11.7. The second-order valence-electron chi connectivity index (χ2n) is 3.82. The van der Waals surface area contributed by atoms with Gasteiger partial charge < -0.3 is 14.6 Å². The average molecular weight is 288 g/mol. The predicted octanol–water partition coefficient (Wildman–Crippen LogP) is 1.75. The van der Waals surface area contributed by atoms with Crippen molar-refractivity contribution in [3.63, 3.8) is 0 Å². The number of rotatable bonds is 4. The second-order valence-corrected chi connectivity index (χ2v) is 4.73. The van der Waals surface area contributed by atoms with E-state index in [1.807, 2.05) is 6.07 Å². The highest BCUT2D eigenvalue weighted by atomic mass is 79.9. The summed E-state index contributed by atoms with van der Waals surface area (Å²) in [5, 5.41) is 9.17. The number of nitrogens with zero attached hydrogens (tertiary/aromatic N) is 1. The van der Waals surface area contributed by atoms with Gasteiger partial charge in [0.25, 0.3) is 0 Å². The highest BCUT2D eigenvalue weighted by Gasteiger charge is 2.17. The Kier molecular flexibility index (Phi) is 4.15. The molecule has 0 bridgehead atoms. The summed E-state index contributed by atoms with van der Waals surface area (Å²) in [7, 11) is 0. The van der Waals surface area contributed by atoms with E-state index in [9.17, 15) is 0 Å². The van der Waals surface area contributed by atoms with E-state index >= 15 is 0 Å². The molecule has 88 valence electrons. The summed E-state index contributed by atoms with van der Waals surface area (Å²) in [6.07, 6.45) is 2.70. The van der Waals surface area contributed by atoms with E-state index in [1.165, 1.54) is 0 Å². The van der Waals surface area contributed by atoms with E-state index in [2.05, 4.69) is 20.9 Å². The molecule has 0 aliphatic carbocycles. The molecule has 1 aromatic heterocycles. The van der Waals surface area contributed by atoms with Crippen molar-refractivity contribution >= 4 is 15.9 Å². The highest BCUT2D eigenvalue weighted by molar-refractivity contribution is 9.10. The van der Waals surface area contributed by atoms with Crippen molar-refractivity contribution in [1.82, 2.24) is 4.98 Å². The quantitative estimate of drug-likeness (QED) is 0.917. The number of pyridine rings is 1. The lowest BCUT2D eigenvalue weighted by Gasteiger charge is -2.12. The van der Waals surface area contributed by atoms with Crippen LogP contribution in [0.4, 0.5) is 0 Å². The summed E-state index contributed by atoms with van der Waals surface area (Å²) in [6, 6.07) is 1.81. The first-order valence-electron chi connectivity index (χ1n) is 5.25. The van der Waals surface area contributed by atoms with Crippen molar-refractivity contribution in [3.8, 4) is 5.88 Å². The molecule has 0 saturated carbocycles.